The summed E-state index contributed by atoms with van der Waals surface area (Å²) in [5.41, 5.74) is -0.570. The average Bonchev–Trinajstić information content (AvgIpc) is 2.57. The van der Waals surface area contributed by atoms with E-state index in [0.29, 0.717) is 0 Å². The second kappa shape index (κ2) is 3.78. The molecule has 0 unspecified atom stereocenters. The Balaban J connectivity index is 2.46. The van der Waals surface area contributed by atoms with E-state index in [4.69, 9.17) is 0 Å². The highest BCUT2D eigenvalue weighted by molar-refractivity contribution is 6.33. The van der Waals surface area contributed by atoms with Crippen molar-refractivity contribution in [3.8, 4) is 0 Å². The molecular weight excluding hydrogens is 231 g/mol. The summed E-state index contributed by atoms with van der Waals surface area (Å²) in [5, 5.41) is 12.4. The Morgan fingerprint density at radius 3 is 2.47 bits per heavy atom. The van der Waals surface area contributed by atoms with Crippen LogP contribution in [0.3, 0.4) is 0 Å². The number of halogens is 1. The Labute approximate surface area is 93.9 Å². The van der Waals surface area contributed by atoms with Crippen LogP contribution in [0.15, 0.2) is 24.3 Å². The van der Waals surface area contributed by atoms with Crippen molar-refractivity contribution >= 4 is 23.1 Å². The number of imide groups is 1. The van der Waals surface area contributed by atoms with Crippen molar-refractivity contribution in [2.45, 2.75) is 0 Å². The van der Waals surface area contributed by atoms with Crippen molar-refractivity contribution in [2.24, 2.45) is 0 Å². The van der Waals surface area contributed by atoms with E-state index in [1.165, 1.54) is 6.07 Å². The lowest BCUT2D eigenvalue weighted by Gasteiger charge is -2.00. The predicted octanol–water partition coefficient (Wildman–Crippen LogP) is 0.774. The third-order valence-corrected chi connectivity index (χ3v) is 2.21. The van der Waals surface area contributed by atoms with Crippen molar-refractivity contribution < 1.29 is 18.9 Å². The topological polar surface area (TPSA) is 89.3 Å². The molecule has 0 fully saturated rings. The number of carbonyl (C=O) groups excluding carboxylic acids is 2. The normalized spacial score (nSPS) is 14.5. The second-order valence-corrected chi connectivity index (χ2v) is 3.30. The number of nitrogens with zero attached hydrogens (tertiary/aromatic N) is 1. The molecule has 1 aromatic carbocycles. The van der Waals surface area contributed by atoms with Gasteiger partial charge in [0.1, 0.15) is 0 Å². The quantitative estimate of drug-likeness (QED) is 0.466. The Hall–Kier alpha value is -2.57. The highest BCUT2D eigenvalue weighted by atomic mass is 19.1. The molecule has 1 aromatic rings. The molecule has 17 heavy (non-hydrogen) atoms. The highest BCUT2D eigenvalue weighted by Crippen LogP contribution is 2.24. The Morgan fingerprint density at radius 1 is 1.29 bits per heavy atom. The lowest BCUT2D eigenvalue weighted by atomic mass is 10.1. The maximum Gasteiger partial charge on any atom is 0.304 e. The summed E-state index contributed by atoms with van der Waals surface area (Å²) in [6, 6.07) is 3.01. The van der Waals surface area contributed by atoms with Gasteiger partial charge in [-0.25, -0.2) is 0 Å². The largest absolute Gasteiger partial charge is 0.304 e. The first-order valence-electron chi connectivity index (χ1n) is 4.50. The molecule has 0 aromatic heterocycles. The molecule has 7 heteroatoms. The molecule has 1 N–H and O–H groups in total. The summed E-state index contributed by atoms with van der Waals surface area (Å²) in [5.74, 6) is -2.30. The maximum absolute atomic E-state index is 13.3. The molecule has 1 heterocycles. The van der Waals surface area contributed by atoms with Crippen LogP contribution < -0.4 is 5.32 Å². The van der Waals surface area contributed by atoms with E-state index in [1.807, 2.05) is 5.32 Å². The zero-order chi connectivity index (χ0) is 12.6. The summed E-state index contributed by atoms with van der Waals surface area (Å²) in [6.45, 7) is 0. The molecule has 86 valence electrons. The zero-order valence-corrected chi connectivity index (χ0v) is 8.27. The minimum atomic E-state index is -1.06. The average molecular weight is 236 g/mol. The van der Waals surface area contributed by atoms with E-state index >= 15 is 0 Å². The highest BCUT2D eigenvalue weighted by Gasteiger charge is 2.24. The van der Waals surface area contributed by atoms with Crippen molar-refractivity contribution in [3.63, 3.8) is 0 Å². The third-order valence-electron chi connectivity index (χ3n) is 2.21. The van der Waals surface area contributed by atoms with Crippen LogP contribution in [0.1, 0.15) is 5.56 Å². The van der Waals surface area contributed by atoms with E-state index in [0.717, 1.165) is 18.2 Å². The second-order valence-electron chi connectivity index (χ2n) is 3.30. The standard InChI is InChI=1S/C10H5FN2O4/c11-7-3-5(1-2-8(7)13(16)17)6-4-9(14)12-10(6)15/h1-4H,(H,12,14,15). The van der Waals surface area contributed by atoms with Crippen molar-refractivity contribution in [1.82, 2.24) is 5.32 Å². The van der Waals surface area contributed by atoms with E-state index in [1.54, 1.807) is 0 Å². The van der Waals surface area contributed by atoms with Gasteiger partial charge in [0.2, 0.25) is 5.82 Å². The smallest absolute Gasteiger partial charge is 0.289 e. The minimum absolute atomic E-state index is 0.0104. The maximum atomic E-state index is 13.3. The molecule has 1 aliphatic rings. The number of nitro benzene ring substituents is 1. The lowest BCUT2D eigenvalue weighted by molar-refractivity contribution is -0.387. The Morgan fingerprint density at radius 2 is 2.00 bits per heavy atom. The van der Waals surface area contributed by atoms with Gasteiger partial charge in [-0.05, 0) is 17.7 Å². The van der Waals surface area contributed by atoms with Crippen LogP contribution in [-0.2, 0) is 9.59 Å². The number of nitrogens with one attached hydrogen (secondary N) is 1. The fourth-order valence-corrected chi connectivity index (χ4v) is 1.45. The Kier molecular flexibility index (Phi) is 2.43. The van der Waals surface area contributed by atoms with Gasteiger partial charge in [0.15, 0.2) is 0 Å². The van der Waals surface area contributed by atoms with Crippen LogP contribution in [-0.4, -0.2) is 16.7 Å². The molecule has 0 saturated carbocycles. The fourth-order valence-electron chi connectivity index (χ4n) is 1.45. The first-order valence-corrected chi connectivity index (χ1v) is 4.50. The summed E-state index contributed by atoms with van der Waals surface area (Å²) in [4.78, 5) is 31.7. The number of hydrogen-bond acceptors (Lipinski definition) is 4. The van der Waals surface area contributed by atoms with E-state index in [-0.39, 0.29) is 11.1 Å². The van der Waals surface area contributed by atoms with Crippen LogP contribution in [0.5, 0.6) is 0 Å². The fraction of sp³-hybridized carbons (Fsp3) is 0. The number of nitro groups is 1. The first kappa shape index (κ1) is 10.9. The van der Waals surface area contributed by atoms with Crippen LogP contribution in [0.2, 0.25) is 0 Å². The van der Waals surface area contributed by atoms with Crippen LogP contribution in [0.25, 0.3) is 5.57 Å². The summed E-state index contributed by atoms with van der Waals surface area (Å²) < 4.78 is 13.3. The van der Waals surface area contributed by atoms with Gasteiger partial charge in [0.05, 0.1) is 10.5 Å². The van der Waals surface area contributed by atoms with Gasteiger partial charge in [0, 0.05) is 12.1 Å². The summed E-state index contributed by atoms with van der Waals surface area (Å²) in [7, 11) is 0. The number of amides is 2. The van der Waals surface area contributed by atoms with E-state index in [9.17, 15) is 24.1 Å². The summed E-state index contributed by atoms with van der Waals surface area (Å²) in [6.07, 6.45) is 1.02. The Bertz CT molecular complexity index is 580. The zero-order valence-electron chi connectivity index (χ0n) is 8.27. The van der Waals surface area contributed by atoms with Crippen LogP contribution in [0.4, 0.5) is 10.1 Å². The van der Waals surface area contributed by atoms with Gasteiger partial charge in [-0.2, -0.15) is 4.39 Å². The van der Waals surface area contributed by atoms with Crippen molar-refractivity contribution in [2.75, 3.05) is 0 Å². The van der Waals surface area contributed by atoms with Gasteiger partial charge >= 0.3 is 5.69 Å². The monoisotopic (exact) mass is 236 g/mol. The molecule has 0 aliphatic carbocycles. The molecule has 2 amide bonds. The van der Waals surface area contributed by atoms with Crippen LogP contribution in [0, 0.1) is 15.9 Å². The van der Waals surface area contributed by atoms with E-state index in [2.05, 4.69) is 0 Å². The van der Waals surface area contributed by atoms with Crippen molar-refractivity contribution in [3.05, 3.63) is 45.8 Å². The minimum Gasteiger partial charge on any atom is -0.289 e. The van der Waals surface area contributed by atoms with E-state index < -0.39 is 28.2 Å². The third kappa shape index (κ3) is 1.89. The molecule has 1 aliphatic heterocycles. The molecule has 6 nitrogen and oxygen atoms in total. The molecule has 0 bridgehead atoms. The van der Waals surface area contributed by atoms with Gasteiger partial charge in [0.25, 0.3) is 11.8 Å². The lowest BCUT2D eigenvalue weighted by Crippen LogP contribution is -2.21. The number of carbonyl (C=O) groups is 2. The van der Waals surface area contributed by atoms with Crippen molar-refractivity contribution in [1.29, 1.82) is 0 Å². The number of hydrogen-bond donors (Lipinski definition) is 1. The summed E-state index contributed by atoms with van der Waals surface area (Å²) >= 11 is 0. The number of rotatable bonds is 2. The SMILES string of the molecule is O=C1C=C(c2ccc([N+](=O)[O-])c(F)c2)C(=O)N1. The molecule has 0 atom stereocenters. The van der Waals surface area contributed by atoms with Gasteiger partial charge in [-0.3, -0.25) is 25.0 Å². The first-order chi connectivity index (χ1) is 7.99. The van der Waals surface area contributed by atoms with Gasteiger partial charge in [-0.1, -0.05) is 0 Å². The van der Waals surface area contributed by atoms with Crippen LogP contribution >= 0.6 is 0 Å². The molecule has 0 radical (unpaired) electrons. The molecular formula is C10H5FN2O4. The number of benzene rings is 1. The molecule has 2 rings (SSSR count). The molecule has 0 spiro atoms. The predicted molar refractivity (Wildman–Crippen MR) is 54.2 cm³/mol. The molecule has 0 saturated heterocycles. The van der Waals surface area contributed by atoms with Gasteiger partial charge in [-0.15, -0.1) is 0 Å². The van der Waals surface area contributed by atoms with Gasteiger partial charge < -0.3 is 0 Å².